The third-order valence-electron chi connectivity index (χ3n) is 4.47. The number of imide groups is 1. The molecule has 9 heteroatoms. The Hall–Kier alpha value is -3.10. The molecule has 1 aromatic carbocycles. The number of carboxylic acids is 2. The number of aliphatic carboxylic acids is 2. The maximum absolute atomic E-state index is 12.9. The van der Waals surface area contributed by atoms with Crippen molar-refractivity contribution >= 4 is 24.1 Å². The second-order valence-electron chi connectivity index (χ2n) is 9.10. The van der Waals surface area contributed by atoms with Gasteiger partial charge in [0.1, 0.15) is 17.2 Å². The van der Waals surface area contributed by atoms with Crippen molar-refractivity contribution in [3.8, 4) is 0 Å². The van der Waals surface area contributed by atoms with Gasteiger partial charge in [-0.15, -0.1) is 0 Å². The van der Waals surface area contributed by atoms with Crippen LogP contribution in [0.25, 0.3) is 0 Å². The highest BCUT2D eigenvalue weighted by atomic mass is 16.6. The fourth-order valence-corrected chi connectivity index (χ4v) is 2.96. The number of ether oxygens (including phenoxy) is 2. The Kier molecular flexibility index (Phi) is 9.68. The molecule has 0 aliphatic heterocycles. The minimum Gasteiger partial charge on any atom is -0.481 e. The van der Waals surface area contributed by atoms with E-state index >= 15 is 0 Å². The van der Waals surface area contributed by atoms with E-state index in [0.29, 0.717) is 17.7 Å². The largest absolute Gasteiger partial charge is 0.481 e. The van der Waals surface area contributed by atoms with Crippen molar-refractivity contribution in [3.05, 3.63) is 35.9 Å². The summed E-state index contributed by atoms with van der Waals surface area (Å²) >= 11 is 0. The first kappa shape index (κ1) is 26.9. The Morgan fingerprint density at radius 3 is 2.00 bits per heavy atom. The van der Waals surface area contributed by atoms with Gasteiger partial charge in [0.2, 0.25) is 0 Å². The van der Waals surface area contributed by atoms with Crippen LogP contribution in [0.1, 0.15) is 65.9 Å². The van der Waals surface area contributed by atoms with Gasteiger partial charge in [-0.2, -0.15) is 4.90 Å². The van der Waals surface area contributed by atoms with Gasteiger partial charge in [0, 0.05) is 6.42 Å². The maximum atomic E-state index is 12.9. The van der Waals surface area contributed by atoms with E-state index in [1.807, 2.05) is 30.3 Å². The average Bonchev–Trinajstić information content (AvgIpc) is 2.63. The summed E-state index contributed by atoms with van der Waals surface area (Å²) in [6.45, 7) is 8.02. The summed E-state index contributed by atoms with van der Waals surface area (Å²) in [5.41, 5.74) is -0.872. The first-order valence-corrected chi connectivity index (χ1v) is 10.5. The molecule has 9 nitrogen and oxygen atoms in total. The third-order valence-corrected chi connectivity index (χ3v) is 4.47. The lowest BCUT2D eigenvalue weighted by Gasteiger charge is -2.33. The molecule has 0 aliphatic carbocycles. The number of carbonyl (C=O) groups is 4. The van der Waals surface area contributed by atoms with E-state index in [0.717, 1.165) is 12.0 Å². The van der Waals surface area contributed by atoms with Crippen molar-refractivity contribution in [1.82, 2.24) is 4.90 Å². The maximum Gasteiger partial charge on any atom is 0.420 e. The lowest BCUT2D eigenvalue weighted by atomic mass is 9.99. The van der Waals surface area contributed by atoms with Crippen molar-refractivity contribution in [2.24, 2.45) is 0 Å². The zero-order valence-electron chi connectivity index (χ0n) is 19.3. The Bertz CT molecular complexity index is 798. The second-order valence-corrected chi connectivity index (χ2v) is 9.10. The summed E-state index contributed by atoms with van der Waals surface area (Å²) in [5, 5.41) is 18.5. The second kappa shape index (κ2) is 11.5. The number of hydrogen-bond donors (Lipinski definition) is 2. The summed E-state index contributed by atoms with van der Waals surface area (Å²) in [6, 6.07) is 8.02. The van der Waals surface area contributed by atoms with Gasteiger partial charge in [-0.3, -0.25) is 4.79 Å². The molecule has 0 saturated carbocycles. The number of aryl methyl sites for hydroxylation is 1. The minimum absolute atomic E-state index is 0.357. The van der Waals surface area contributed by atoms with Crippen LogP contribution >= 0.6 is 0 Å². The molecule has 0 aromatic heterocycles. The SMILES string of the molecule is CC(C)(C)OC(=O)N(C(=O)OC(C)(C)CCCc1ccccc1)[C@H](CCC(=O)O)C(=O)O. The number of benzene rings is 1. The lowest BCUT2D eigenvalue weighted by molar-refractivity contribution is -0.144. The van der Waals surface area contributed by atoms with Crippen molar-refractivity contribution in [2.45, 2.75) is 84.0 Å². The van der Waals surface area contributed by atoms with E-state index in [-0.39, 0.29) is 0 Å². The molecule has 1 aromatic rings. The molecule has 0 aliphatic rings. The average molecular weight is 452 g/mol. The Morgan fingerprint density at radius 2 is 1.50 bits per heavy atom. The zero-order chi connectivity index (χ0) is 24.5. The smallest absolute Gasteiger partial charge is 0.420 e. The van der Waals surface area contributed by atoms with Crippen LogP contribution in [0.4, 0.5) is 9.59 Å². The molecule has 0 spiro atoms. The van der Waals surface area contributed by atoms with Crippen LogP contribution in [-0.4, -0.2) is 56.5 Å². The van der Waals surface area contributed by atoms with Crippen LogP contribution in [0.15, 0.2) is 30.3 Å². The van der Waals surface area contributed by atoms with Gasteiger partial charge in [0.15, 0.2) is 0 Å². The summed E-state index contributed by atoms with van der Waals surface area (Å²) in [7, 11) is 0. The Labute approximate surface area is 188 Å². The Morgan fingerprint density at radius 1 is 0.938 bits per heavy atom. The predicted octanol–water partition coefficient (Wildman–Crippen LogP) is 4.48. The van der Waals surface area contributed by atoms with Crippen LogP contribution in [0.3, 0.4) is 0 Å². The molecule has 0 heterocycles. The van der Waals surface area contributed by atoms with Crippen molar-refractivity contribution < 1.29 is 38.9 Å². The van der Waals surface area contributed by atoms with Gasteiger partial charge in [-0.05, 0) is 65.9 Å². The summed E-state index contributed by atoms with van der Waals surface area (Å²) < 4.78 is 10.7. The number of nitrogens with zero attached hydrogens (tertiary/aromatic N) is 1. The first-order chi connectivity index (χ1) is 14.7. The molecule has 0 bridgehead atoms. The summed E-state index contributed by atoms with van der Waals surface area (Å²) in [4.78, 5) is 48.6. The highest BCUT2D eigenvalue weighted by Crippen LogP contribution is 2.23. The predicted molar refractivity (Wildman–Crippen MR) is 116 cm³/mol. The first-order valence-electron chi connectivity index (χ1n) is 10.5. The molecule has 178 valence electrons. The zero-order valence-corrected chi connectivity index (χ0v) is 19.3. The number of carbonyl (C=O) groups excluding carboxylic acids is 2. The standard InChI is InChI=1S/C23H33NO8/c1-22(2,3)31-20(29)24(17(19(27)28)13-14-18(25)26)21(30)32-23(4,5)15-9-12-16-10-7-6-8-11-16/h6-8,10-11,17H,9,12-15H2,1-5H3,(H,25,26)(H,27,28)/t17-/m1/s1. The third kappa shape index (κ3) is 9.80. The van der Waals surface area contributed by atoms with Gasteiger partial charge in [0.25, 0.3) is 0 Å². The van der Waals surface area contributed by atoms with Crippen molar-refractivity contribution in [3.63, 3.8) is 0 Å². The van der Waals surface area contributed by atoms with Gasteiger partial charge in [-0.25, -0.2) is 14.4 Å². The van der Waals surface area contributed by atoms with Crippen LogP contribution in [-0.2, 0) is 25.5 Å². The van der Waals surface area contributed by atoms with E-state index in [2.05, 4.69) is 0 Å². The van der Waals surface area contributed by atoms with Crippen LogP contribution < -0.4 is 0 Å². The fraction of sp³-hybridized carbons (Fsp3) is 0.565. The molecule has 32 heavy (non-hydrogen) atoms. The van der Waals surface area contributed by atoms with Crippen molar-refractivity contribution in [1.29, 1.82) is 0 Å². The number of carboxylic acid groups (broad SMARTS) is 2. The van der Waals surface area contributed by atoms with Gasteiger partial charge < -0.3 is 19.7 Å². The molecular weight excluding hydrogens is 418 g/mol. The van der Waals surface area contributed by atoms with Gasteiger partial charge in [-0.1, -0.05) is 30.3 Å². The highest BCUT2D eigenvalue weighted by molar-refractivity contribution is 5.93. The van der Waals surface area contributed by atoms with Gasteiger partial charge in [0.05, 0.1) is 0 Å². The lowest BCUT2D eigenvalue weighted by Crippen LogP contribution is -2.52. The number of rotatable bonds is 10. The molecule has 1 atom stereocenters. The molecule has 0 fully saturated rings. The molecule has 0 radical (unpaired) electrons. The van der Waals surface area contributed by atoms with Gasteiger partial charge >= 0.3 is 24.1 Å². The van der Waals surface area contributed by atoms with E-state index in [4.69, 9.17) is 14.6 Å². The fourth-order valence-electron chi connectivity index (χ4n) is 2.96. The Balaban J connectivity index is 2.97. The highest BCUT2D eigenvalue weighted by Gasteiger charge is 2.41. The summed E-state index contributed by atoms with van der Waals surface area (Å²) in [6.07, 6.45) is -1.52. The van der Waals surface area contributed by atoms with E-state index in [1.165, 1.54) is 0 Å². The molecule has 1 rings (SSSR count). The summed E-state index contributed by atoms with van der Waals surface area (Å²) in [5.74, 6) is -2.79. The molecular formula is C23H33NO8. The monoisotopic (exact) mass is 451 g/mol. The van der Waals surface area contributed by atoms with E-state index in [9.17, 15) is 24.3 Å². The van der Waals surface area contributed by atoms with E-state index < -0.39 is 54.2 Å². The topological polar surface area (TPSA) is 130 Å². The molecule has 2 N–H and O–H groups in total. The van der Waals surface area contributed by atoms with Crippen LogP contribution in [0.2, 0.25) is 0 Å². The quantitative estimate of drug-likeness (QED) is 0.532. The molecule has 2 amide bonds. The number of amides is 2. The van der Waals surface area contributed by atoms with Crippen LogP contribution in [0, 0.1) is 0 Å². The normalized spacial score (nSPS) is 12.5. The minimum atomic E-state index is -1.74. The van der Waals surface area contributed by atoms with Crippen molar-refractivity contribution in [2.75, 3.05) is 0 Å². The molecule has 0 saturated heterocycles. The molecule has 0 unspecified atom stereocenters. The van der Waals surface area contributed by atoms with Crippen LogP contribution in [0.5, 0.6) is 0 Å². The number of hydrogen-bond acceptors (Lipinski definition) is 6. The van der Waals surface area contributed by atoms with E-state index in [1.54, 1.807) is 34.6 Å².